The summed E-state index contributed by atoms with van der Waals surface area (Å²) >= 11 is 0. The van der Waals surface area contributed by atoms with Crippen LogP contribution >= 0.6 is 0 Å². The smallest absolute Gasteiger partial charge is 0.407 e. The molecule has 0 saturated carbocycles. The molecule has 184 valence electrons. The molecule has 2 heterocycles. The average Bonchev–Trinajstić information content (AvgIpc) is 2.99. The molecule has 12 heteroatoms. The maximum absolute atomic E-state index is 13.0. The number of nitrogens with one attached hydrogen (secondary N) is 3. The van der Waals surface area contributed by atoms with Crippen LogP contribution in [-0.2, 0) is 19.1 Å². The van der Waals surface area contributed by atoms with E-state index in [1.54, 1.807) is 26.8 Å². The summed E-state index contributed by atoms with van der Waals surface area (Å²) in [4.78, 5) is 61.4. The first-order chi connectivity index (χ1) is 16.0. The van der Waals surface area contributed by atoms with Crippen molar-refractivity contribution in [2.45, 2.75) is 51.5 Å². The van der Waals surface area contributed by atoms with Gasteiger partial charge in [-0.2, -0.15) is 0 Å². The van der Waals surface area contributed by atoms with Crippen molar-refractivity contribution in [3.63, 3.8) is 0 Å². The van der Waals surface area contributed by atoms with Gasteiger partial charge in [0.2, 0.25) is 11.8 Å². The number of fused-ring (bicyclic) bond motifs is 1. The Labute approximate surface area is 195 Å². The van der Waals surface area contributed by atoms with E-state index in [1.807, 2.05) is 0 Å². The van der Waals surface area contributed by atoms with Crippen LogP contribution in [0.2, 0.25) is 0 Å². The Balaban J connectivity index is 1.55. The van der Waals surface area contributed by atoms with E-state index in [9.17, 15) is 29.1 Å². The molecular formula is C22H28N4O8. The second kappa shape index (κ2) is 10.1. The Bertz CT molecular complexity index is 1000. The van der Waals surface area contributed by atoms with E-state index in [4.69, 9.17) is 9.47 Å². The lowest BCUT2D eigenvalue weighted by molar-refractivity contribution is -0.139. The Morgan fingerprint density at radius 3 is 2.56 bits per heavy atom. The molecule has 0 aromatic heterocycles. The van der Waals surface area contributed by atoms with Gasteiger partial charge in [-0.1, -0.05) is 12.1 Å². The number of hydrogen-bond acceptors (Lipinski definition) is 8. The number of piperidine rings is 1. The number of benzene rings is 1. The fourth-order valence-corrected chi connectivity index (χ4v) is 3.64. The predicted octanol–water partition coefficient (Wildman–Crippen LogP) is -0.0418. The highest BCUT2D eigenvalue weighted by Crippen LogP contribution is 2.39. The summed E-state index contributed by atoms with van der Waals surface area (Å²) in [6.45, 7) is 5.08. The number of amides is 5. The highest BCUT2D eigenvalue weighted by atomic mass is 16.6. The minimum atomic E-state index is -1.39. The summed E-state index contributed by atoms with van der Waals surface area (Å²) in [7, 11) is 0. The minimum Gasteiger partial charge on any atom is -0.483 e. The monoisotopic (exact) mass is 476 g/mol. The number of nitrogens with zero attached hydrogens (tertiary/aromatic N) is 1. The molecule has 3 rings (SSSR count). The van der Waals surface area contributed by atoms with E-state index in [-0.39, 0.29) is 42.8 Å². The van der Waals surface area contributed by atoms with E-state index < -0.39 is 54.2 Å². The molecule has 5 amide bonds. The Hall–Kier alpha value is -3.67. The van der Waals surface area contributed by atoms with Crippen LogP contribution in [-0.4, -0.2) is 71.1 Å². The molecule has 4 N–H and O–H groups in total. The molecule has 0 spiro atoms. The largest absolute Gasteiger partial charge is 0.483 e. The molecular weight excluding hydrogens is 448 g/mol. The van der Waals surface area contributed by atoms with E-state index in [1.165, 1.54) is 12.1 Å². The Morgan fingerprint density at radius 2 is 1.88 bits per heavy atom. The SMILES string of the molecule is CC(C)(C)OC(=O)NCCNC(=O)COc1cccc2c1C(=O)N(C1CCC(=O)NC1=O)C2O. The van der Waals surface area contributed by atoms with Crippen molar-refractivity contribution in [3.8, 4) is 5.75 Å². The van der Waals surface area contributed by atoms with E-state index >= 15 is 0 Å². The molecule has 0 radical (unpaired) electrons. The van der Waals surface area contributed by atoms with Gasteiger partial charge in [0.15, 0.2) is 12.8 Å². The average molecular weight is 476 g/mol. The van der Waals surface area contributed by atoms with Crippen LogP contribution < -0.4 is 20.7 Å². The Kier molecular flexibility index (Phi) is 7.40. The number of aliphatic hydroxyl groups excluding tert-OH is 1. The highest BCUT2D eigenvalue weighted by molar-refractivity contribution is 6.06. The van der Waals surface area contributed by atoms with Gasteiger partial charge in [0, 0.05) is 25.1 Å². The first-order valence-corrected chi connectivity index (χ1v) is 10.8. The molecule has 2 unspecified atom stereocenters. The fraction of sp³-hybridized carbons (Fsp3) is 0.500. The summed E-state index contributed by atoms with van der Waals surface area (Å²) < 4.78 is 10.6. The van der Waals surface area contributed by atoms with Crippen molar-refractivity contribution in [2.24, 2.45) is 0 Å². The van der Waals surface area contributed by atoms with Gasteiger partial charge >= 0.3 is 6.09 Å². The molecule has 34 heavy (non-hydrogen) atoms. The molecule has 0 aliphatic carbocycles. The molecule has 1 saturated heterocycles. The summed E-state index contributed by atoms with van der Waals surface area (Å²) in [5.41, 5.74) is -0.330. The third-order valence-electron chi connectivity index (χ3n) is 5.07. The second-order valence-corrected chi connectivity index (χ2v) is 8.84. The van der Waals surface area contributed by atoms with Gasteiger partial charge in [-0.25, -0.2) is 4.79 Å². The van der Waals surface area contributed by atoms with Crippen molar-refractivity contribution in [2.75, 3.05) is 19.7 Å². The molecule has 2 aliphatic heterocycles. The fourth-order valence-electron chi connectivity index (χ4n) is 3.64. The van der Waals surface area contributed by atoms with E-state index in [0.29, 0.717) is 0 Å². The van der Waals surface area contributed by atoms with Crippen molar-refractivity contribution in [1.82, 2.24) is 20.9 Å². The van der Waals surface area contributed by atoms with Gasteiger partial charge in [0.1, 0.15) is 17.4 Å². The topological polar surface area (TPSA) is 163 Å². The lowest BCUT2D eigenvalue weighted by Crippen LogP contribution is -2.53. The van der Waals surface area contributed by atoms with Crippen molar-refractivity contribution >= 4 is 29.7 Å². The van der Waals surface area contributed by atoms with Crippen LogP contribution in [0.3, 0.4) is 0 Å². The van der Waals surface area contributed by atoms with Gasteiger partial charge in [-0.05, 0) is 33.3 Å². The summed E-state index contributed by atoms with van der Waals surface area (Å²) in [6, 6.07) is 3.57. The van der Waals surface area contributed by atoms with Crippen LogP contribution in [0.4, 0.5) is 4.79 Å². The van der Waals surface area contributed by atoms with Crippen LogP contribution in [0.5, 0.6) is 5.75 Å². The normalized spacial score (nSPS) is 19.9. The maximum atomic E-state index is 13.0. The van der Waals surface area contributed by atoms with Gasteiger partial charge in [0.05, 0.1) is 5.56 Å². The highest BCUT2D eigenvalue weighted by Gasteiger charge is 2.45. The van der Waals surface area contributed by atoms with Gasteiger partial charge in [-0.3, -0.25) is 29.4 Å². The zero-order chi connectivity index (χ0) is 25.0. The van der Waals surface area contributed by atoms with Crippen molar-refractivity contribution in [3.05, 3.63) is 29.3 Å². The number of rotatable bonds is 7. The first-order valence-electron chi connectivity index (χ1n) is 10.8. The van der Waals surface area contributed by atoms with E-state index in [0.717, 1.165) is 4.90 Å². The quantitative estimate of drug-likeness (QED) is 0.315. The molecule has 1 aromatic rings. The van der Waals surface area contributed by atoms with Crippen LogP contribution in [0.1, 0.15) is 55.8 Å². The number of aliphatic hydroxyl groups is 1. The van der Waals surface area contributed by atoms with E-state index in [2.05, 4.69) is 16.0 Å². The molecule has 2 atom stereocenters. The minimum absolute atomic E-state index is 0.0512. The number of alkyl carbamates (subject to hydrolysis) is 1. The standard InChI is InChI=1S/C22H28N4O8/c1-22(2,3)34-21(32)24-10-9-23-16(28)11-33-14-6-4-5-12-17(14)20(31)26(19(12)30)13-7-8-15(27)25-18(13)29/h4-6,13,19,30H,7-11H2,1-3H3,(H,23,28)(H,24,32)(H,25,27,29). The predicted molar refractivity (Wildman–Crippen MR) is 116 cm³/mol. The lowest BCUT2D eigenvalue weighted by atomic mass is 10.0. The Morgan fingerprint density at radius 1 is 1.18 bits per heavy atom. The summed E-state index contributed by atoms with van der Waals surface area (Å²) in [5, 5.41) is 17.9. The zero-order valence-electron chi connectivity index (χ0n) is 19.2. The number of imide groups is 1. The molecule has 1 aromatic carbocycles. The number of carbonyl (C=O) groups excluding carboxylic acids is 5. The number of hydrogen-bond donors (Lipinski definition) is 4. The zero-order valence-corrected chi connectivity index (χ0v) is 19.2. The molecule has 0 bridgehead atoms. The first kappa shape index (κ1) is 25.0. The maximum Gasteiger partial charge on any atom is 0.407 e. The third-order valence-corrected chi connectivity index (χ3v) is 5.07. The van der Waals surface area contributed by atoms with Crippen LogP contribution in [0.25, 0.3) is 0 Å². The second-order valence-electron chi connectivity index (χ2n) is 8.84. The molecule has 12 nitrogen and oxygen atoms in total. The van der Waals surface area contributed by atoms with Crippen molar-refractivity contribution < 1.29 is 38.6 Å². The van der Waals surface area contributed by atoms with Crippen molar-refractivity contribution in [1.29, 1.82) is 0 Å². The summed E-state index contributed by atoms with van der Waals surface area (Å²) in [6.07, 6.45) is -1.84. The molecule has 2 aliphatic rings. The van der Waals surface area contributed by atoms with Crippen LogP contribution in [0, 0.1) is 0 Å². The summed E-state index contributed by atoms with van der Waals surface area (Å²) in [5.74, 6) is -2.13. The lowest BCUT2D eigenvalue weighted by Gasteiger charge is -2.31. The number of carbonyl (C=O) groups is 5. The molecule has 1 fully saturated rings. The van der Waals surface area contributed by atoms with Crippen LogP contribution in [0.15, 0.2) is 18.2 Å². The number of ether oxygens (including phenoxy) is 2. The van der Waals surface area contributed by atoms with Gasteiger partial charge in [-0.15, -0.1) is 0 Å². The third kappa shape index (κ3) is 5.81. The van der Waals surface area contributed by atoms with Gasteiger partial charge in [0.25, 0.3) is 11.8 Å². The van der Waals surface area contributed by atoms with Gasteiger partial charge < -0.3 is 25.2 Å².